The van der Waals surface area contributed by atoms with Crippen molar-refractivity contribution in [3.05, 3.63) is 23.8 Å². The lowest BCUT2D eigenvalue weighted by Gasteiger charge is -2.29. The van der Waals surface area contributed by atoms with Crippen LogP contribution in [0.5, 0.6) is 11.5 Å². The van der Waals surface area contributed by atoms with Gasteiger partial charge in [0.15, 0.2) is 0 Å². The minimum absolute atomic E-state index is 0.106. The van der Waals surface area contributed by atoms with Gasteiger partial charge in [-0.05, 0) is 44.4 Å². The van der Waals surface area contributed by atoms with Crippen LogP contribution in [-0.4, -0.2) is 34.7 Å². The summed E-state index contributed by atoms with van der Waals surface area (Å²) in [6, 6.07) is 4.65. The van der Waals surface area contributed by atoms with Crippen LogP contribution < -0.4 is 10.6 Å². The Morgan fingerprint density at radius 2 is 1.65 bits per heavy atom. The Hall–Kier alpha value is -1.75. The highest BCUT2D eigenvalue weighted by molar-refractivity contribution is 5.95. The molecular weight excluding hydrogens is 256 g/mol. The van der Waals surface area contributed by atoms with E-state index in [0.29, 0.717) is 6.04 Å². The highest BCUT2D eigenvalue weighted by Gasteiger charge is 2.22. The molecular formula is C15H22N2O3. The zero-order valence-corrected chi connectivity index (χ0v) is 11.7. The molecule has 110 valence electrons. The molecule has 5 heteroatoms. The predicted octanol–water partition coefficient (Wildman–Crippen LogP) is 1.75. The van der Waals surface area contributed by atoms with Gasteiger partial charge in [0.05, 0.1) is 0 Å². The Balaban J connectivity index is 1.89. The van der Waals surface area contributed by atoms with Gasteiger partial charge in [-0.2, -0.15) is 0 Å². The van der Waals surface area contributed by atoms with Crippen molar-refractivity contribution in [1.29, 1.82) is 0 Å². The Bertz CT molecular complexity index is 448. The van der Waals surface area contributed by atoms with Crippen LogP contribution >= 0.6 is 0 Å². The SMILES string of the molecule is CCNC1CCC(NC(=O)c2cc(O)cc(O)c2)CC1. The average Bonchev–Trinajstić information content (AvgIpc) is 2.40. The van der Waals surface area contributed by atoms with Gasteiger partial charge in [0.25, 0.3) is 5.91 Å². The average molecular weight is 278 g/mol. The summed E-state index contributed by atoms with van der Waals surface area (Å²) in [6.45, 7) is 3.08. The number of phenolic OH excluding ortho intramolecular Hbond substituents is 2. The first-order valence-electron chi connectivity index (χ1n) is 7.15. The molecule has 1 amide bonds. The van der Waals surface area contributed by atoms with Crippen molar-refractivity contribution in [3.63, 3.8) is 0 Å². The van der Waals surface area contributed by atoms with Crippen molar-refractivity contribution in [3.8, 4) is 11.5 Å². The fourth-order valence-corrected chi connectivity index (χ4v) is 2.73. The van der Waals surface area contributed by atoms with Gasteiger partial charge in [-0.3, -0.25) is 4.79 Å². The van der Waals surface area contributed by atoms with Crippen molar-refractivity contribution >= 4 is 5.91 Å². The molecule has 0 bridgehead atoms. The van der Waals surface area contributed by atoms with Crippen LogP contribution in [0.1, 0.15) is 43.0 Å². The number of carbonyl (C=O) groups excluding carboxylic acids is 1. The highest BCUT2D eigenvalue weighted by Crippen LogP contribution is 2.22. The first-order valence-corrected chi connectivity index (χ1v) is 7.15. The molecule has 1 aliphatic rings. The Labute approximate surface area is 119 Å². The van der Waals surface area contributed by atoms with Crippen LogP contribution in [0.3, 0.4) is 0 Å². The molecule has 0 heterocycles. The quantitative estimate of drug-likeness (QED) is 0.676. The van der Waals surface area contributed by atoms with Crippen LogP contribution in [0, 0.1) is 0 Å². The smallest absolute Gasteiger partial charge is 0.251 e. The van der Waals surface area contributed by atoms with Gasteiger partial charge in [0.1, 0.15) is 11.5 Å². The monoisotopic (exact) mass is 278 g/mol. The molecule has 5 nitrogen and oxygen atoms in total. The minimum Gasteiger partial charge on any atom is -0.508 e. The lowest BCUT2D eigenvalue weighted by atomic mass is 9.91. The number of rotatable bonds is 4. The predicted molar refractivity (Wildman–Crippen MR) is 77.0 cm³/mol. The van der Waals surface area contributed by atoms with Gasteiger partial charge in [0, 0.05) is 23.7 Å². The maximum absolute atomic E-state index is 12.1. The summed E-state index contributed by atoms with van der Waals surface area (Å²) in [6.07, 6.45) is 4.02. The summed E-state index contributed by atoms with van der Waals surface area (Å²) in [4.78, 5) is 12.1. The zero-order chi connectivity index (χ0) is 14.5. The molecule has 0 aromatic heterocycles. The highest BCUT2D eigenvalue weighted by atomic mass is 16.3. The largest absolute Gasteiger partial charge is 0.508 e. The van der Waals surface area contributed by atoms with Crippen molar-refractivity contribution in [2.24, 2.45) is 0 Å². The Morgan fingerprint density at radius 3 is 2.20 bits per heavy atom. The van der Waals surface area contributed by atoms with Gasteiger partial charge < -0.3 is 20.8 Å². The van der Waals surface area contributed by atoms with E-state index < -0.39 is 0 Å². The Kier molecular flexibility index (Phi) is 4.84. The minimum atomic E-state index is -0.247. The molecule has 20 heavy (non-hydrogen) atoms. The number of aromatic hydroxyl groups is 2. The second-order valence-electron chi connectivity index (χ2n) is 5.32. The van der Waals surface area contributed by atoms with Gasteiger partial charge >= 0.3 is 0 Å². The van der Waals surface area contributed by atoms with Crippen LogP contribution in [0.15, 0.2) is 18.2 Å². The molecule has 1 aliphatic carbocycles. The molecule has 1 fully saturated rings. The molecule has 0 unspecified atom stereocenters. The van der Waals surface area contributed by atoms with Crippen molar-refractivity contribution < 1.29 is 15.0 Å². The maximum atomic E-state index is 12.1. The lowest BCUT2D eigenvalue weighted by molar-refractivity contribution is 0.0923. The summed E-state index contributed by atoms with van der Waals surface area (Å²) in [5, 5.41) is 25.2. The fourth-order valence-electron chi connectivity index (χ4n) is 2.73. The van der Waals surface area contributed by atoms with Gasteiger partial charge in [-0.1, -0.05) is 6.92 Å². The van der Waals surface area contributed by atoms with E-state index in [4.69, 9.17) is 0 Å². The van der Waals surface area contributed by atoms with Crippen molar-refractivity contribution in [2.45, 2.75) is 44.7 Å². The molecule has 0 atom stereocenters. The number of nitrogens with one attached hydrogen (secondary N) is 2. The van der Waals surface area contributed by atoms with Crippen molar-refractivity contribution in [1.82, 2.24) is 10.6 Å². The normalized spacial score (nSPS) is 22.4. The number of benzene rings is 1. The third-order valence-corrected chi connectivity index (χ3v) is 3.72. The molecule has 0 saturated heterocycles. The molecule has 2 rings (SSSR count). The topological polar surface area (TPSA) is 81.6 Å². The number of hydrogen-bond acceptors (Lipinski definition) is 4. The summed E-state index contributed by atoms with van der Waals surface area (Å²) >= 11 is 0. The standard InChI is InChI=1S/C15H22N2O3/c1-2-16-11-3-5-12(6-4-11)17-15(20)10-7-13(18)9-14(19)8-10/h7-9,11-12,16,18-19H,2-6H2,1H3,(H,17,20). The summed E-state index contributed by atoms with van der Waals surface area (Å²) < 4.78 is 0. The van der Waals surface area contributed by atoms with E-state index in [1.54, 1.807) is 0 Å². The number of carbonyl (C=O) groups is 1. The summed E-state index contributed by atoms with van der Waals surface area (Å²) in [5.74, 6) is -0.458. The van der Waals surface area contributed by atoms with E-state index >= 15 is 0 Å². The first kappa shape index (κ1) is 14.7. The van der Waals surface area contributed by atoms with Crippen LogP contribution in [0.25, 0.3) is 0 Å². The molecule has 1 aromatic carbocycles. The van der Waals surface area contributed by atoms with Crippen molar-refractivity contribution in [2.75, 3.05) is 6.54 Å². The second kappa shape index (κ2) is 6.61. The molecule has 4 N–H and O–H groups in total. The van der Waals surface area contributed by atoms with Gasteiger partial charge in [0.2, 0.25) is 0 Å². The van der Waals surface area contributed by atoms with Gasteiger partial charge in [-0.15, -0.1) is 0 Å². The van der Waals surface area contributed by atoms with Crippen LogP contribution in [0.2, 0.25) is 0 Å². The van der Waals surface area contributed by atoms with E-state index in [-0.39, 0.29) is 29.0 Å². The number of phenols is 2. The number of amides is 1. The second-order valence-corrected chi connectivity index (χ2v) is 5.32. The van der Waals surface area contributed by atoms with E-state index in [2.05, 4.69) is 17.6 Å². The van der Waals surface area contributed by atoms with Crippen LogP contribution in [0.4, 0.5) is 0 Å². The maximum Gasteiger partial charge on any atom is 0.251 e. The Morgan fingerprint density at radius 1 is 1.10 bits per heavy atom. The molecule has 0 aliphatic heterocycles. The van der Waals surface area contributed by atoms with E-state index in [1.807, 2.05) is 0 Å². The number of hydrogen-bond donors (Lipinski definition) is 4. The molecule has 0 spiro atoms. The van der Waals surface area contributed by atoms with E-state index in [9.17, 15) is 15.0 Å². The van der Waals surface area contributed by atoms with Crippen LogP contribution in [-0.2, 0) is 0 Å². The zero-order valence-electron chi connectivity index (χ0n) is 11.7. The summed E-state index contributed by atoms with van der Waals surface area (Å²) in [7, 11) is 0. The summed E-state index contributed by atoms with van der Waals surface area (Å²) in [5.41, 5.74) is 0.288. The molecule has 1 saturated carbocycles. The third kappa shape index (κ3) is 3.87. The molecule has 0 radical (unpaired) electrons. The van der Waals surface area contributed by atoms with E-state index in [1.165, 1.54) is 18.2 Å². The fraction of sp³-hybridized carbons (Fsp3) is 0.533. The first-order chi connectivity index (χ1) is 9.58. The van der Waals surface area contributed by atoms with Gasteiger partial charge in [-0.25, -0.2) is 0 Å². The third-order valence-electron chi connectivity index (χ3n) is 3.72. The molecule has 1 aromatic rings. The van der Waals surface area contributed by atoms with E-state index in [0.717, 1.165) is 32.2 Å². The lowest BCUT2D eigenvalue weighted by Crippen LogP contribution is -2.42.